The highest BCUT2D eigenvalue weighted by atomic mass is 16.5. The molecule has 1 spiro atoms. The number of aromatic hydroxyl groups is 1. The van der Waals surface area contributed by atoms with E-state index >= 15 is 0 Å². The number of phenolic OH excluding ortho intramolecular Hbond substituents is 1. The molecule has 1 N–H and O–H groups in total. The number of nitrogens with zero attached hydrogens (tertiary/aromatic N) is 1. The fraction of sp³-hybridized carbons (Fsp3) is 0.636. The van der Waals surface area contributed by atoms with Crippen LogP contribution in [0.1, 0.15) is 43.7 Å². The molecule has 140 valence electrons. The average Bonchev–Trinajstić information content (AvgIpc) is 3.37. The van der Waals surface area contributed by atoms with E-state index in [1.54, 1.807) is 13.2 Å². The standard InChI is InChI=1S/C22H29NO3/c1-13(2)19(25-3)21-22-8-9-23(12-14-4-5-14)16(11-22)10-15-6-7-17(24)20(26-21)18(15)22/h6-7,14,16,19,21,24H,1,4-5,8-12H2,2-3H3/t16-,19?,21+,22+/m1/s1. The minimum atomic E-state index is -0.150. The molecule has 0 radical (unpaired) electrons. The molecule has 4 heteroatoms. The van der Waals surface area contributed by atoms with Gasteiger partial charge in [-0.05, 0) is 68.7 Å². The van der Waals surface area contributed by atoms with Gasteiger partial charge in [0.25, 0.3) is 0 Å². The van der Waals surface area contributed by atoms with E-state index in [1.165, 1.54) is 30.5 Å². The number of rotatable bonds is 5. The molecule has 4 nitrogen and oxygen atoms in total. The molecule has 2 aliphatic carbocycles. The summed E-state index contributed by atoms with van der Waals surface area (Å²) in [4.78, 5) is 2.72. The summed E-state index contributed by atoms with van der Waals surface area (Å²) >= 11 is 0. The molecule has 2 heterocycles. The third-order valence-electron chi connectivity index (χ3n) is 7.13. The second-order valence-corrected chi connectivity index (χ2v) is 8.90. The van der Waals surface area contributed by atoms with Gasteiger partial charge in [-0.3, -0.25) is 4.90 Å². The first-order valence-electron chi connectivity index (χ1n) is 9.97. The summed E-state index contributed by atoms with van der Waals surface area (Å²) in [7, 11) is 1.74. The van der Waals surface area contributed by atoms with Gasteiger partial charge in [0.2, 0.25) is 0 Å². The van der Waals surface area contributed by atoms with Crippen molar-refractivity contribution in [1.29, 1.82) is 0 Å². The van der Waals surface area contributed by atoms with E-state index in [9.17, 15) is 5.11 Å². The van der Waals surface area contributed by atoms with Crippen molar-refractivity contribution < 1.29 is 14.6 Å². The monoisotopic (exact) mass is 355 g/mol. The van der Waals surface area contributed by atoms with Gasteiger partial charge in [0.1, 0.15) is 12.2 Å². The highest BCUT2D eigenvalue weighted by molar-refractivity contribution is 5.60. The number of hydrogen-bond donors (Lipinski definition) is 1. The Hall–Kier alpha value is -1.52. The maximum absolute atomic E-state index is 10.5. The quantitative estimate of drug-likeness (QED) is 0.822. The summed E-state index contributed by atoms with van der Waals surface area (Å²) < 4.78 is 12.3. The fourth-order valence-electron chi connectivity index (χ4n) is 5.75. The van der Waals surface area contributed by atoms with Gasteiger partial charge in [-0.2, -0.15) is 0 Å². The molecule has 1 aromatic rings. The molecule has 1 saturated heterocycles. The van der Waals surface area contributed by atoms with Gasteiger partial charge in [0, 0.05) is 30.7 Å². The van der Waals surface area contributed by atoms with Crippen molar-refractivity contribution >= 4 is 0 Å². The van der Waals surface area contributed by atoms with Crippen molar-refractivity contribution in [2.24, 2.45) is 5.92 Å². The van der Waals surface area contributed by atoms with Crippen molar-refractivity contribution in [1.82, 2.24) is 4.90 Å². The van der Waals surface area contributed by atoms with Crippen LogP contribution in [0.5, 0.6) is 11.5 Å². The van der Waals surface area contributed by atoms with Crippen LogP contribution in [0.15, 0.2) is 24.3 Å². The minimum Gasteiger partial charge on any atom is -0.504 e. The second kappa shape index (κ2) is 5.74. The number of benzene rings is 1. The number of phenols is 1. The van der Waals surface area contributed by atoms with E-state index in [0.717, 1.165) is 37.3 Å². The zero-order valence-electron chi connectivity index (χ0n) is 15.8. The lowest BCUT2D eigenvalue weighted by atomic mass is 9.60. The van der Waals surface area contributed by atoms with Gasteiger partial charge < -0.3 is 14.6 Å². The summed E-state index contributed by atoms with van der Waals surface area (Å²) in [6.45, 7) is 8.53. The summed E-state index contributed by atoms with van der Waals surface area (Å²) in [6.07, 6.45) is 5.78. The average molecular weight is 355 g/mol. The number of fused-ring (bicyclic) bond motifs is 1. The summed E-state index contributed by atoms with van der Waals surface area (Å²) in [6, 6.07) is 4.49. The minimum absolute atomic E-state index is 0.0635. The third kappa shape index (κ3) is 2.28. The van der Waals surface area contributed by atoms with Gasteiger partial charge >= 0.3 is 0 Å². The lowest BCUT2D eigenvalue weighted by Gasteiger charge is -2.51. The van der Waals surface area contributed by atoms with Crippen molar-refractivity contribution in [3.05, 3.63) is 35.4 Å². The van der Waals surface area contributed by atoms with Crippen LogP contribution in [0.4, 0.5) is 0 Å². The molecule has 1 saturated carbocycles. The molecule has 0 aromatic heterocycles. The Morgan fingerprint density at radius 1 is 1.46 bits per heavy atom. The van der Waals surface area contributed by atoms with E-state index in [0.29, 0.717) is 11.8 Å². The highest BCUT2D eigenvalue weighted by Gasteiger charge is 2.59. The predicted molar refractivity (Wildman–Crippen MR) is 101 cm³/mol. The molecular formula is C22H29NO3. The number of piperidine rings is 1. The topological polar surface area (TPSA) is 41.9 Å². The maximum Gasteiger partial charge on any atom is 0.165 e. The molecule has 5 rings (SSSR count). The van der Waals surface area contributed by atoms with Gasteiger partial charge in [0.05, 0.1) is 0 Å². The molecule has 2 fully saturated rings. The Balaban J connectivity index is 1.59. The Morgan fingerprint density at radius 2 is 2.27 bits per heavy atom. The molecule has 1 unspecified atom stereocenters. The number of hydrogen-bond acceptors (Lipinski definition) is 4. The van der Waals surface area contributed by atoms with Crippen LogP contribution in [-0.4, -0.2) is 48.5 Å². The summed E-state index contributed by atoms with van der Waals surface area (Å²) in [5, 5.41) is 10.5. The molecule has 26 heavy (non-hydrogen) atoms. The first-order chi connectivity index (χ1) is 12.5. The molecule has 4 aliphatic rings. The van der Waals surface area contributed by atoms with Crippen LogP contribution in [0.3, 0.4) is 0 Å². The SMILES string of the molecule is C=C(C)C(OC)[C@@H]1Oc2c(O)ccc3c2[C@@]12CCN(CC1CC1)[C@H](C3)C2. The van der Waals surface area contributed by atoms with Crippen LogP contribution in [0.25, 0.3) is 0 Å². The largest absolute Gasteiger partial charge is 0.504 e. The zero-order chi connectivity index (χ0) is 18.1. The smallest absolute Gasteiger partial charge is 0.165 e. The van der Waals surface area contributed by atoms with E-state index < -0.39 is 0 Å². The van der Waals surface area contributed by atoms with Crippen LogP contribution in [-0.2, 0) is 16.6 Å². The number of ether oxygens (including phenoxy) is 2. The molecule has 2 bridgehead atoms. The summed E-state index contributed by atoms with van der Waals surface area (Å²) in [5.74, 6) is 1.88. The van der Waals surface area contributed by atoms with Crippen LogP contribution >= 0.6 is 0 Å². The fourth-order valence-corrected chi connectivity index (χ4v) is 5.75. The van der Waals surface area contributed by atoms with Crippen molar-refractivity contribution in [2.75, 3.05) is 20.2 Å². The van der Waals surface area contributed by atoms with Crippen molar-refractivity contribution in [3.63, 3.8) is 0 Å². The first kappa shape index (κ1) is 16.6. The van der Waals surface area contributed by atoms with Gasteiger partial charge in [-0.15, -0.1) is 0 Å². The first-order valence-corrected chi connectivity index (χ1v) is 9.97. The van der Waals surface area contributed by atoms with Crippen LogP contribution < -0.4 is 4.74 Å². The van der Waals surface area contributed by atoms with E-state index in [1.807, 2.05) is 6.92 Å². The van der Waals surface area contributed by atoms with E-state index in [2.05, 4.69) is 17.5 Å². The Labute approximate surface area is 155 Å². The van der Waals surface area contributed by atoms with Crippen molar-refractivity contribution in [2.45, 2.75) is 62.7 Å². The molecule has 2 aliphatic heterocycles. The third-order valence-corrected chi connectivity index (χ3v) is 7.13. The predicted octanol–water partition coefficient (Wildman–Crippen LogP) is 3.41. The normalized spacial score (nSPS) is 33.5. The van der Waals surface area contributed by atoms with E-state index in [-0.39, 0.29) is 23.4 Å². The molecule has 1 aromatic carbocycles. The van der Waals surface area contributed by atoms with Crippen LogP contribution in [0, 0.1) is 5.92 Å². The van der Waals surface area contributed by atoms with Crippen LogP contribution in [0.2, 0.25) is 0 Å². The highest BCUT2D eigenvalue weighted by Crippen LogP contribution is 2.59. The lowest BCUT2D eigenvalue weighted by molar-refractivity contribution is -0.0370. The maximum atomic E-state index is 10.5. The summed E-state index contributed by atoms with van der Waals surface area (Å²) in [5.41, 5.74) is 3.54. The Kier molecular flexibility index (Phi) is 3.67. The number of likely N-dealkylation sites (tertiary alicyclic amines) is 1. The van der Waals surface area contributed by atoms with Gasteiger partial charge in [0.15, 0.2) is 11.5 Å². The van der Waals surface area contributed by atoms with Gasteiger partial charge in [-0.1, -0.05) is 12.6 Å². The van der Waals surface area contributed by atoms with E-state index in [4.69, 9.17) is 9.47 Å². The zero-order valence-corrected chi connectivity index (χ0v) is 15.8. The number of methoxy groups -OCH3 is 1. The molecule has 0 amide bonds. The molecule has 4 atom stereocenters. The second-order valence-electron chi connectivity index (χ2n) is 8.90. The van der Waals surface area contributed by atoms with Crippen molar-refractivity contribution in [3.8, 4) is 11.5 Å². The Morgan fingerprint density at radius 3 is 2.96 bits per heavy atom. The Bertz CT molecular complexity index is 756. The molecular weight excluding hydrogens is 326 g/mol. The lowest BCUT2D eigenvalue weighted by Crippen LogP contribution is -2.59. The van der Waals surface area contributed by atoms with Gasteiger partial charge in [-0.25, -0.2) is 0 Å².